The third-order valence-electron chi connectivity index (χ3n) is 1.19. The van der Waals surface area contributed by atoms with Gasteiger partial charge in [0.1, 0.15) is 17.3 Å². The van der Waals surface area contributed by atoms with E-state index in [2.05, 4.69) is 22.2 Å². The number of hydrogen-bond donors (Lipinski definition) is 1. The first-order chi connectivity index (χ1) is 5.33. The van der Waals surface area contributed by atoms with E-state index in [1.807, 2.05) is 0 Å². The Morgan fingerprint density at radius 1 is 1.55 bits per heavy atom. The summed E-state index contributed by atoms with van der Waals surface area (Å²) in [5, 5.41) is 3.57. The van der Waals surface area contributed by atoms with Crippen LogP contribution in [0.15, 0.2) is 12.4 Å². The van der Waals surface area contributed by atoms with Crippen LogP contribution in [0, 0.1) is 0 Å². The van der Waals surface area contributed by atoms with Crippen molar-refractivity contribution >= 4 is 17.4 Å². The molecule has 60 valence electrons. The summed E-state index contributed by atoms with van der Waals surface area (Å²) in [4.78, 5) is 7.73. The predicted octanol–water partition coefficient (Wildman–Crippen LogP) is 1.95. The zero-order valence-corrected chi connectivity index (χ0v) is 7.10. The monoisotopic (exact) mass is 171 g/mol. The SMILES string of the molecule is CCCNc1cc(Cl)ncn1. The summed E-state index contributed by atoms with van der Waals surface area (Å²) in [6, 6.07) is 1.71. The average Bonchev–Trinajstić information content (AvgIpc) is 2.01. The van der Waals surface area contributed by atoms with Crippen molar-refractivity contribution in [2.24, 2.45) is 0 Å². The molecule has 0 atom stereocenters. The third kappa shape index (κ3) is 2.72. The quantitative estimate of drug-likeness (QED) is 0.707. The molecule has 0 saturated heterocycles. The van der Waals surface area contributed by atoms with E-state index in [-0.39, 0.29) is 0 Å². The van der Waals surface area contributed by atoms with E-state index in [0.29, 0.717) is 5.15 Å². The van der Waals surface area contributed by atoms with E-state index in [1.54, 1.807) is 6.07 Å². The van der Waals surface area contributed by atoms with Gasteiger partial charge in [-0.05, 0) is 6.42 Å². The number of anilines is 1. The lowest BCUT2D eigenvalue weighted by atomic mass is 10.4. The minimum absolute atomic E-state index is 0.471. The highest BCUT2D eigenvalue weighted by Crippen LogP contribution is 2.07. The van der Waals surface area contributed by atoms with Crippen LogP contribution in [-0.2, 0) is 0 Å². The van der Waals surface area contributed by atoms with Gasteiger partial charge in [-0.2, -0.15) is 0 Å². The number of hydrogen-bond acceptors (Lipinski definition) is 3. The highest BCUT2D eigenvalue weighted by atomic mass is 35.5. The molecule has 0 aliphatic carbocycles. The molecule has 1 aromatic rings. The maximum absolute atomic E-state index is 5.63. The van der Waals surface area contributed by atoms with E-state index in [0.717, 1.165) is 18.8 Å². The van der Waals surface area contributed by atoms with Gasteiger partial charge in [-0.15, -0.1) is 0 Å². The summed E-state index contributed by atoms with van der Waals surface area (Å²) < 4.78 is 0. The molecule has 0 radical (unpaired) electrons. The average molecular weight is 172 g/mol. The molecule has 1 N–H and O–H groups in total. The molecule has 11 heavy (non-hydrogen) atoms. The van der Waals surface area contributed by atoms with Gasteiger partial charge in [-0.25, -0.2) is 9.97 Å². The van der Waals surface area contributed by atoms with E-state index in [9.17, 15) is 0 Å². The highest BCUT2D eigenvalue weighted by molar-refractivity contribution is 6.29. The molecule has 1 aromatic heterocycles. The number of rotatable bonds is 3. The van der Waals surface area contributed by atoms with Crippen molar-refractivity contribution in [2.75, 3.05) is 11.9 Å². The standard InChI is InChI=1S/C7H10ClN3/c1-2-3-9-7-4-6(8)10-5-11-7/h4-5H,2-3H2,1H3,(H,9,10,11). The van der Waals surface area contributed by atoms with Crippen LogP contribution in [0.4, 0.5) is 5.82 Å². The summed E-state index contributed by atoms with van der Waals surface area (Å²) in [5.74, 6) is 0.784. The van der Waals surface area contributed by atoms with Crippen LogP contribution in [0.3, 0.4) is 0 Å². The highest BCUT2D eigenvalue weighted by Gasteiger charge is 1.92. The summed E-state index contributed by atoms with van der Waals surface area (Å²) in [6.07, 6.45) is 2.52. The summed E-state index contributed by atoms with van der Waals surface area (Å²) in [5.41, 5.74) is 0. The summed E-state index contributed by atoms with van der Waals surface area (Å²) in [7, 11) is 0. The van der Waals surface area contributed by atoms with Gasteiger partial charge in [-0.1, -0.05) is 18.5 Å². The van der Waals surface area contributed by atoms with Crippen LogP contribution >= 0.6 is 11.6 Å². The fourth-order valence-corrected chi connectivity index (χ4v) is 0.830. The third-order valence-corrected chi connectivity index (χ3v) is 1.40. The Hall–Kier alpha value is -0.830. The van der Waals surface area contributed by atoms with E-state index >= 15 is 0 Å². The molecule has 4 heteroatoms. The fourth-order valence-electron chi connectivity index (χ4n) is 0.683. The minimum atomic E-state index is 0.471. The smallest absolute Gasteiger partial charge is 0.134 e. The number of nitrogens with one attached hydrogen (secondary N) is 1. The lowest BCUT2D eigenvalue weighted by Gasteiger charge is -2.01. The molecule has 0 unspecified atom stereocenters. The molecule has 0 bridgehead atoms. The molecule has 0 saturated carbocycles. The minimum Gasteiger partial charge on any atom is -0.370 e. The molecule has 1 rings (SSSR count). The van der Waals surface area contributed by atoms with Crippen molar-refractivity contribution in [3.05, 3.63) is 17.5 Å². The van der Waals surface area contributed by atoms with Gasteiger partial charge in [0, 0.05) is 12.6 Å². The Morgan fingerprint density at radius 2 is 2.36 bits per heavy atom. The van der Waals surface area contributed by atoms with Crippen molar-refractivity contribution in [1.29, 1.82) is 0 Å². The number of halogens is 1. The molecule has 1 heterocycles. The Balaban J connectivity index is 2.56. The Labute approximate surface area is 70.8 Å². The van der Waals surface area contributed by atoms with Gasteiger partial charge in [0.05, 0.1) is 0 Å². The van der Waals surface area contributed by atoms with Gasteiger partial charge in [0.2, 0.25) is 0 Å². The fraction of sp³-hybridized carbons (Fsp3) is 0.429. The van der Waals surface area contributed by atoms with Gasteiger partial charge < -0.3 is 5.32 Å². The van der Waals surface area contributed by atoms with Crippen LogP contribution in [0.25, 0.3) is 0 Å². The first-order valence-electron chi connectivity index (χ1n) is 3.54. The van der Waals surface area contributed by atoms with Crippen LogP contribution in [0.5, 0.6) is 0 Å². The van der Waals surface area contributed by atoms with Crippen molar-refractivity contribution < 1.29 is 0 Å². The predicted molar refractivity (Wildman–Crippen MR) is 45.8 cm³/mol. The topological polar surface area (TPSA) is 37.8 Å². The number of nitrogens with zero attached hydrogens (tertiary/aromatic N) is 2. The van der Waals surface area contributed by atoms with Crippen LogP contribution in [0.2, 0.25) is 5.15 Å². The zero-order valence-electron chi connectivity index (χ0n) is 6.34. The van der Waals surface area contributed by atoms with Crippen LogP contribution in [-0.4, -0.2) is 16.5 Å². The molecule has 3 nitrogen and oxygen atoms in total. The molecule has 0 fully saturated rings. The van der Waals surface area contributed by atoms with Gasteiger partial charge in [-0.3, -0.25) is 0 Å². The largest absolute Gasteiger partial charge is 0.370 e. The summed E-state index contributed by atoms with van der Waals surface area (Å²) >= 11 is 5.63. The second-order valence-corrected chi connectivity index (χ2v) is 2.54. The molecule has 0 aliphatic heterocycles. The maximum Gasteiger partial charge on any atom is 0.134 e. The van der Waals surface area contributed by atoms with Crippen molar-refractivity contribution in [3.8, 4) is 0 Å². The van der Waals surface area contributed by atoms with E-state index in [4.69, 9.17) is 11.6 Å². The van der Waals surface area contributed by atoms with Gasteiger partial charge in [0.25, 0.3) is 0 Å². The number of aromatic nitrogens is 2. The zero-order chi connectivity index (χ0) is 8.10. The summed E-state index contributed by atoms with van der Waals surface area (Å²) in [6.45, 7) is 3.00. The van der Waals surface area contributed by atoms with Gasteiger partial charge >= 0.3 is 0 Å². The Kier molecular flexibility index (Phi) is 3.11. The second kappa shape index (κ2) is 4.13. The van der Waals surface area contributed by atoms with Crippen LogP contribution in [0.1, 0.15) is 13.3 Å². The molecule has 0 amide bonds. The first kappa shape index (κ1) is 8.27. The van der Waals surface area contributed by atoms with Gasteiger partial charge in [0.15, 0.2) is 0 Å². The Morgan fingerprint density at radius 3 is 3.00 bits per heavy atom. The lowest BCUT2D eigenvalue weighted by molar-refractivity contribution is 0.965. The van der Waals surface area contributed by atoms with Crippen molar-refractivity contribution in [2.45, 2.75) is 13.3 Å². The lowest BCUT2D eigenvalue weighted by Crippen LogP contribution is -2.01. The van der Waals surface area contributed by atoms with Crippen LogP contribution < -0.4 is 5.32 Å². The molecule has 0 spiro atoms. The Bertz CT molecular complexity index is 227. The maximum atomic E-state index is 5.63. The molecular weight excluding hydrogens is 162 g/mol. The molecule has 0 aromatic carbocycles. The van der Waals surface area contributed by atoms with Crippen molar-refractivity contribution in [1.82, 2.24) is 9.97 Å². The second-order valence-electron chi connectivity index (χ2n) is 2.15. The van der Waals surface area contributed by atoms with Crippen molar-refractivity contribution in [3.63, 3.8) is 0 Å². The molecular formula is C7H10ClN3. The normalized spacial score (nSPS) is 9.64. The first-order valence-corrected chi connectivity index (χ1v) is 3.92. The van der Waals surface area contributed by atoms with E-state index in [1.165, 1.54) is 6.33 Å². The molecule has 0 aliphatic rings. The van der Waals surface area contributed by atoms with E-state index < -0.39 is 0 Å².